The first kappa shape index (κ1) is 25.4. The average Bonchev–Trinajstić information content (AvgIpc) is 2.64. The minimum Gasteiger partial charge on any atom is -0.385 e. The molecule has 0 aromatic heterocycles. The Kier molecular flexibility index (Phi) is 8.84. The average molecular weight is 445 g/mol. The minimum absolute atomic E-state index is 0.0302. The molecule has 0 aliphatic carbocycles. The molecule has 0 N–H and O–H groups in total. The van der Waals surface area contributed by atoms with E-state index >= 15 is 0 Å². The van der Waals surface area contributed by atoms with E-state index in [0.717, 1.165) is 30.2 Å². The van der Waals surface area contributed by atoms with Crippen molar-refractivity contribution in [3.63, 3.8) is 0 Å². The van der Waals surface area contributed by atoms with Gasteiger partial charge < -0.3 is 4.84 Å². The normalized spacial score (nSPS) is 13.3. The van der Waals surface area contributed by atoms with Crippen molar-refractivity contribution in [2.75, 3.05) is 4.90 Å². The molecule has 1 unspecified atom stereocenters. The van der Waals surface area contributed by atoms with Crippen LogP contribution >= 0.6 is 11.6 Å². The lowest BCUT2D eigenvalue weighted by molar-refractivity contribution is -0.127. The number of rotatable bonds is 9. The van der Waals surface area contributed by atoms with Crippen LogP contribution in [0.1, 0.15) is 46.6 Å². The predicted octanol–water partition coefficient (Wildman–Crippen LogP) is 5.67. The van der Waals surface area contributed by atoms with Gasteiger partial charge in [-0.1, -0.05) is 30.3 Å². The first-order valence-corrected chi connectivity index (χ1v) is 9.44. The second-order valence-corrected chi connectivity index (χ2v) is 7.06. The Morgan fingerprint density at radius 1 is 1.33 bits per heavy atom. The molecule has 0 heterocycles. The quantitative estimate of drug-likeness (QED) is 0.280. The molecule has 0 fully saturated rings. The molecule has 5 nitrogen and oxygen atoms in total. The Hall–Kier alpha value is -2.61. The zero-order chi connectivity index (χ0) is 23.2. The van der Waals surface area contributed by atoms with Crippen LogP contribution in [0.15, 0.2) is 41.2 Å². The molecule has 9 heteroatoms. The Labute approximate surface area is 178 Å². The number of hydrogen-bond acceptors (Lipinski definition) is 4. The van der Waals surface area contributed by atoms with Crippen molar-refractivity contribution in [2.45, 2.75) is 53.1 Å². The lowest BCUT2D eigenvalue weighted by atomic mass is 10.1. The maximum Gasteiger partial charge on any atom is 0.269 e. The molecule has 1 atom stereocenters. The number of Topliss-reactive ketones (excluding diaryl/α,β-unsaturated/α-hetero) is 1. The Balaban J connectivity index is 3.35. The summed E-state index contributed by atoms with van der Waals surface area (Å²) in [5.74, 6) is -4.84. The zero-order valence-electron chi connectivity index (χ0n) is 17.4. The van der Waals surface area contributed by atoms with Crippen LogP contribution in [0.5, 0.6) is 0 Å². The van der Waals surface area contributed by atoms with Gasteiger partial charge in [0.25, 0.3) is 5.92 Å². The molecule has 1 aromatic carbocycles. The van der Waals surface area contributed by atoms with Crippen LogP contribution in [0.4, 0.5) is 18.9 Å². The second-order valence-electron chi connectivity index (χ2n) is 6.65. The highest BCUT2D eigenvalue weighted by Gasteiger charge is 2.29. The van der Waals surface area contributed by atoms with Crippen molar-refractivity contribution < 1.29 is 27.6 Å². The number of alkyl halides is 2. The molecule has 30 heavy (non-hydrogen) atoms. The van der Waals surface area contributed by atoms with Crippen LogP contribution in [-0.2, 0) is 14.4 Å². The van der Waals surface area contributed by atoms with E-state index in [-0.39, 0.29) is 33.3 Å². The number of benzene rings is 1. The number of hydrogen-bond donors (Lipinski definition) is 0. The van der Waals surface area contributed by atoms with Crippen molar-refractivity contribution in [1.82, 2.24) is 0 Å². The number of amides is 1. The highest BCUT2D eigenvalue weighted by molar-refractivity contribution is 6.33. The lowest BCUT2D eigenvalue weighted by Crippen LogP contribution is -2.28. The summed E-state index contributed by atoms with van der Waals surface area (Å²) in [7, 11) is 0. The summed E-state index contributed by atoms with van der Waals surface area (Å²) < 4.78 is 42.3. The van der Waals surface area contributed by atoms with E-state index in [0.29, 0.717) is 0 Å². The van der Waals surface area contributed by atoms with Crippen molar-refractivity contribution in [3.8, 4) is 0 Å². The van der Waals surface area contributed by atoms with Crippen molar-refractivity contribution in [3.05, 3.63) is 52.5 Å². The molecular formula is C21H24ClF3N2O3. The summed E-state index contributed by atoms with van der Waals surface area (Å²) in [5.41, 5.74) is -0.521. The smallest absolute Gasteiger partial charge is 0.269 e. The van der Waals surface area contributed by atoms with Gasteiger partial charge in [0.1, 0.15) is 5.82 Å². The fourth-order valence-corrected chi connectivity index (χ4v) is 2.50. The molecule has 0 aliphatic rings. The number of nitrogens with zero attached hydrogens (tertiary/aromatic N) is 2. The van der Waals surface area contributed by atoms with E-state index in [2.05, 4.69) is 11.7 Å². The maximum atomic E-state index is 14.6. The van der Waals surface area contributed by atoms with E-state index in [9.17, 15) is 22.8 Å². The molecular weight excluding hydrogens is 421 g/mol. The van der Waals surface area contributed by atoms with Crippen LogP contribution in [0.25, 0.3) is 0 Å². The molecule has 0 radical (unpaired) electrons. The van der Waals surface area contributed by atoms with Gasteiger partial charge in [0.2, 0.25) is 5.91 Å². The van der Waals surface area contributed by atoms with E-state index in [1.54, 1.807) is 0 Å². The van der Waals surface area contributed by atoms with Crippen LogP contribution in [0.2, 0.25) is 5.02 Å². The molecule has 0 saturated carbocycles. The molecule has 1 aromatic rings. The highest BCUT2D eigenvalue weighted by Crippen LogP contribution is 2.32. The van der Waals surface area contributed by atoms with Crippen molar-refractivity contribution >= 4 is 35.2 Å². The number of oxime groups is 1. The first-order chi connectivity index (χ1) is 13.8. The van der Waals surface area contributed by atoms with Crippen LogP contribution in [-0.4, -0.2) is 29.9 Å². The Bertz CT molecular complexity index is 898. The fourth-order valence-electron chi connectivity index (χ4n) is 2.30. The summed E-state index contributed by atoms with van der Waals surface area (Å²) in [5, 5.41) is 3.62. The molecule has 1 amide bonds. The van der Waals surface area contributed by atoms with Gasteiger partial charge >= 0.3 is 0 Å². The molecule has 0 spiro atoms. The van der Waals surface area contributed by atoms with Crippen molar-refractivity contribution in [1.29, 1.82) is 0 Å². The first-order valence-electron chi connectivity index (χ1n) is 9.06. The predicted molar refractivity (Wildman–Crippen MR) is 112 cm³/mol. The van der Waals surface area contributed by atoms with E-state index in [1.165, 1.54) is 33.8 Å². The van der Waals surface area contributed by atoms with Gasteiger partial charge in [-0.05, 0) is 44.6 Å². The summed E-state index contributed by atoms with van der Waals surface area (Å²) in [6.07, 6.45) is 0.960. The Morgan fingerprint density at radius 3 is 2.43 bits per heavy atom. The zero-order valence-corrected chi connectivity index (χ0v) is 18.2. The summed E-state index contributed by atoms with van der Waals surface area (Å²) in [4.78, 5) is 29.2. The van der Waals surface area contributed by atoms with Crippen molar-refractivity contribution in [2.24, 2.45) is 5.16 Å². The number of allylic oxidation sites excluding steroid dienone is 2. The van der Waals surface area contributed by atoms with E-state index < -0.39 is 30.2 Å². The van der Waals surface area contributed by atoms with Crippen LogP contribution in [0.3, 0.4) is 0 Å². The summed E-state index contributed by atoms with van der Waals surface area (Å²) >= 11 is 6.02. The number of carbonyl (C=O) groups is 2. The number of carbonyl (C=O) groups excluding carboxylic acids is 2. The maximum absolute atomic E-state index is 14.6. The largest absolute Gasteiger partial charge is 0.385 e. The Morgan fingerprint density at radius 2 is 1.93 bits per heavy atom. The summed E-state index contributed by atoms with van der Waals surface area (Å²) in [6.45, 7) is 10.1. The molecule has 0 aliphatic heterocycles. The van der Waals surface area contributed by atoms with Gasteiger partial charge in [0.15, 0.2) is 11.9 Å². The summed E-state index contributed by atoms with van der Waals surface area (Å²) in [6, 6.07) is 2.16. The van der Waals surface area contributed by atoms with Gasteiger partial charge in [-0.15, -0.1) is 0 Å². The van der Waals surface area contributed by atoms with Gasteiger partial charge in [-0.25, -0.2) is 13.2 Å². The third kappa shape index (κ3) is 6.45. The monoisotopic (exact) mass is 444 g/mol. The van der Waals surface area contributed by atoms with Crippen LogP contribution in [0, 0.1) is 5.82 Å². The molecule has 0 bridgehead atoms. The number of halogens is 4. The van der Waals surface area contributed by atoms with Gasteiger partial charge in [0.05, 0.1) is 16.9 Å². The minimum atomic E-state index is -3.09. The standard InChI is InChI=1S/C21H24ClF3N2O3/c1-7-21(24,25)12(2)8-13(3)27(16(6)29)20-9-17(18(22)10-19(20)23)11-26-30-15(5)14(4)28/h8-11,15H,3,7H2,1-2,4-6H3/b12-8+,26-11+. The van der Waals surface area contributed by atoms with Gasteiger partial charge in [0, 0.05) is 24.6 Å². The SMILES string of the molecule is C=C(/C=C(\C)C(F)(F)CC)N(C(C)=O)c1cc(/C=N/OC(C)C(C)=O)c(Cl)cc1F. The topological polar surface area (TPSA) is 59.0 Å². The molecule has 0 saturated heterocycles. The van der Waals surface area contributed by atoms with Gasteiger partial charge in [-0.3, -0.25) is 14.5 Å². The highest BCUT2D eigenvalue weighted by atomic mass is 35.5. The van der Waals surface area contributed by atoms with E-state index in [4.69, 9.17) is 16.4 Å². The number of anilines is 1. The third-order valence-electron chi connectivity index (χ3n) is 4.30. The third-order valence-corrected chi connectivity index (χ3v) is 4.62. The fraction of sp³-hybridized carbons (Fsp3) is 0.381. The second kappa shape index (κ2) is 10.4. The van der Waals surface area contributed by atoms with E-state index in [1.807, 2.05) is 0 Å². The van der Waals surface area contributed by atoms with Crippen LogP contribution < -0.4 is 4.90 Å². The molecule has 164 valence electrons. The van der Waals surface area contributed by atoms with Gasteiger partial charge in [-0.2, -0.15) is 0 Å². The lowest BCUT2D eigenvalue weighted by Gasteiger charge is -2.24. The number of ketones is 1. The molecule has 1 rings (SSSR count).